The van der Waals surface area contributed by atoms with Crippen LogP contribution in [0.3, 0.4) is 0 Å². The standard InChI is InChI=1S/C29H40N8O2/c1-4-5-6-26-33-27(35-28(34-26)37-17-19-39-20-18-37)23-9-13-25(14-10-23)32-29(38)31-24-11-7-22(8-12-24)21-30-15-16-36(2)3/h7-14,30H,4-6,15-21H2,1-3H3,(H2,31,32,38). The molecule has 0 bridgehead atoms. The molecule has 2 amide bonds. The van der Waals surface area contributed by atoms with E-state index in [0.717, 1.165) is 69.1 Å². The summed E-state index contributed by atoms with van der Waals surface area (Å²) in [7, 11) is 4.12. The van der Waals surface area contributed by atoms with E-state index in [-0.39, 0.29) is 6.03 Å². The van der Waals surface area contributed by atoms with Crippen LogP contribution in [0, 0.1) is 0 Å². The molecule has 1 aliphatic rings. The van der Waals surface area contributed by atoms with Gasteiger partial charge in [-0.1, -0.05) is 25.5 Å². The van der Waals surface area contributed by atoms with Crippen molar-refractivity contribution in [3.05, 3.63) is 59.9 Å². The van der Waals surface area contributed by atoms with Gasteiger partial charge in [0.1, 0.15) is 5.82 Å². The normalized spacial score (nSPS) is 13.5. The van der Waals surface area contributed by atoms with Gasteiger partial charge in [0, 0.05) is 56.1 Å². The van der Waals surface area contributed by atoms with E-state index in [1.807, 2.05) is 48.5 Å². The van der Waals surface area contributed by atoms with Crippen LogP contribution in [0.2, 0.25) is 0 Å². The Morgan fingerprint density at radius 1 is 0.949 bits per heavy atom. The molecule has 1 aliphatic heterocycles. The van der Waals surface area contributed by atoms with E-state index in [1.54, 1.807) is 0 Å². The number of rotatable bonds is 12. The Kier molecular flexibility index (Phi) is 10.6. The number of hydrogen-bond acceptors (Lipinski definition) is 8. The van der Waals surface area contributed by atoms with Crippen molar-refractivity contribution in [1.29, 1.82) is 0 Å². The average Bonchev–Trinajstić information content (AvgIpc) is 2.95. The van der Waals surface area contributed by atoms with Crippen molar-refractivity contribution in [3.8, 4) is 11.4 Å². The summed E-state index contributed by atoms with van der Waals surface area (Å²) >= 11 is 0. The van der Waals surface area contributed by atoms with Crippen molar-refractivity contribution in [2.45, 2.75) is 32.7 Å². The number of ether oxygens (including phenoxy) is 1. The van der Waals surface area contributed by atoms with Gasteiger partial charge in [0.05, 0.1) is 13.2 Å². The van der Waals surface area contributed by atoms with Gasteiger partial charge in [-0.05, 0) is 62.5 Å². The monoisotopic (exact) mass is 532 g/mol. The number of morpholine rings is 1. The number of unbranched alkanes of at least 4 members (excludes halogenated alkanes) is 1. The smallest absolute Gasteiger partial charge is 0.323 e. The number of urea groups is 1. The van der Waals surface area contributed by atoms with Crippen molar-refractivity contribution in [3.63, 3.8) is 0 Å². The van der Waals surface area contributed by atoms with Crippen LogP contribution < -0.4 is 20.9 Å². The number of nitrogens with one attached hydrogen (secondary N) is 3. The largest absolute Gasteiger partial charge is 0.378 e. The van der Waals surface area contributed by atoms with Crippen molar-refractivity contribution >= 4 is 23.4 Å². The topological polar surface area (TPSA) is 108 Å². The molecule has 1 saturated heterocycles. The minimum absolute atomic E-state index is 0.295. The zero-order valence-electron chi connectivity index (χ0n) is 23.2. The molecule has 2 heterocycles. The van der Waals surface area contributed by atoms with Gasteiger partial charge in [0.25, 0.3) is 0 Å². The fraction of sp³-hybridized carbons (Fsp3) is 0.448. The van der Waals surface area contributed by atoms with E-state index < -0.39 is 0 Å². The fourth-order valence-electron chi connectivity index (χ4n) is 4.13. The molecule has 0 atom stereocenters. The fourth-order valence-corrected chi connectivity index (χ4v) is 4.13. The Bertz CT molecular complexity index is 1180. The summed E-state index contributed by atoms with van der Waals surface area (Å²) in [5, 5.41) is 9.20. The predicted molar refractivity (Wildman–Crippen MR) is 156 cm³/mol. The summed E-state index contributed by atoms with van der Waals surface area (Å²) in [6.45, 7) is 7.76. The summed E-state index contributed by atoms with van der Waals surface area (Å²) in [5.74, 6) is 2.15. The van der Waals surface area contributed by atoms with E-state index in [2.05, 4.69) is 46.8 Å². The van der Waals surface area contributed by atoms with E-state index in [1.165, 1.54) is 5.56 Å². The van der Waals surface area contributed by atoms with Crippen molar-refractivity contribution in [2.24, 2.45) is 0 Å². The third-order valence-corrected chi connectivity index (χ3v) is 6.40. The van der Waals surface area contributed by atoms with Crippen LogP contribution in [0.4, 0.5) is 22.1 Å². The molecule has 0 spiro atoms. The lowest BCUT2D eigenvalue weighted by Crippen LogP contribution is -2.37. The van der Waals surface area contributed by atoms with Crippen LogP contribution in [0.5, 0.6) is 0 Å². The molecular weight excluding hydrogens is 492 g/mol. The molecule has 0 saturated carbocycles. The minimum Gasteiger partial charge on any atom is -0.378 e. The molecular formula is C29H40N8O2. The van der Waals surface area contributed by atoms with Crippen molar-refractivity contribution in [1.82, 2.24) is 25.2 Å². The minimum atomic E-state index is -0.295. The number of nitrogens with zero attached hydrogens (tertiary/aromatic N) is 5. The molecule has 10 nitrogen and oxygen atoms in total. The second-order valence-electron chi connectivity index (χ2n) is 9.91. The second kappa shape index (κ2) is 14.5. The van der Waals surface area contributed by atoms with Crippen LogP contribution in [0.1, 0.15) is 31.2 Å². The van der Waals surface area contributed by atoms with Gasteiger partial charge in [-0.3, -0.25) is 0 Å². The second-order valence-corrected chi connectivity index (χ2v) is 9.91. The first kappa shape index (κ1) is 28.4. The lowest BCUT2D eigenvalue weighted by atomic mass is 10.2. The first-order valence-corrected chi connectivity index (χ1v) is 13.7. The van der Waals surface area contributed by atoms with Crippen molar-refractivity contribution in [2.75, 3.05) is 69.0 Å². The quantitative estimate of drug-likeness (QED) is 0.300. The highest BCUT2D eigenvalue weighted by Crippen LogP contribution is 2.22. The Balaban J connectivity index is 1.35. The number of benzene rings is 2. The van der Waals surface area contributed by atoms with E-state index in [0.29, 0.717) is 30.7 Å². The number of anilines is 3. The van der Waals surface area contributed by atoms with Gasteiger partial charge < -0.3 is 30.5 Å². The molecule has 0 unspecified atom stereocenters. The highest BCUT2D eigenvalue weighted by molar-refractivity contribution is 5.99. The molecule has 3 N–H and O–H groups in total. The van der Waals surface area contributed by atoms with Gasteiger partial charge in [0.2, 0.25) is 5.95 Å². The number of carbonyl (C=O) groups is 1. The number of likely N-dealkylation sites (N-methyl/N-ethyl adjacent to an activating group) is 1. The maximum absolute atomic E-state index is 12.6. The molecule has 4 rings (SSSR count). The molecule has 208 valence electrons. The van der Waals surface area contributed by atoms with E-state index in [4.69, 9.17) is 19.7 Å². The van der Waals surface area contributed by atoms with Crippen LogP contribution in [0.25, 0.3) is 11.4 Å². The highest BCUT2D eigenvalue weighted by atomic mass is 16.5. The zero-order chi connectivity index (χ0) is 27.5. The lowest BCUT2D eigenvalue weighted by molar-refractivity contribution is 0.122. The summed E-state index contributed by atoms with van der Waals surface area (Å²) in [4.78, 5) is 31.1. The summed E-state index contributed by atoms with van der Waals surface area (Å²) in [6.07, 6.45) is 2.92. The lowest BCUT2D eigenvalue weighted by Gasteiger charge is -2.27. The maximum atomic E-state index is 12.6. The Morgan fingerprint density at radius 2 is 1.62 bits per heavy atom. The van der Waals surface area contributed by atoms with Gasteiger partial charge >= 0.3 is 6.03 Å². The highest BCUT2D eigenvalue weighted by Gasteiger charge is 2.17. The zero-order valence-corrected chi connectivity index (χ0v) is 23.2. The van der Waals surface area contributed by atoms with Crippen LogP contribution in [-0.4, -0.2) is 79.4 Å². The molecule has 1 fully saturated rings. The number of carbonyl (C=O) groups excluding carboxylic acids is 1. The summed E-state index contributed by atoms with van der Waals surface area (Å²) in [5.41, 5.74) is 3.47. The number of hydrogen-bond donors (Lipinski definition) is 3. The first-order chi connectivity index (χ1) is 19.0. The SMILES string of the molecule is CCCCc1nc(-c2ccc(NC(=O)Nc3ccc(CNCCN(C)C)cc3)cc2)nc(N2CCOCC2)n1. The maximum Gasteiger partial charge on any atom is 0.323 e. The van der Waals surface area contributed by atoms with E-state index in [9.17, 15) is 4.79 Å². The predicted octanol–water partition coefficient (Wildman–Crippen LogP) is 4.01. The number of aryl methyl sites for hydroxylation is 1. The molecule has 2 aromatic carbocycles. The van der Waals surface area contributed by atoms with E-state index >= 15 is 0 Å². The number of amides is 2. The molecule has 10 heteroatoms. The van der Waals surface area contributed by atoms with Crippen LogP contribution >= 0.6 is 0 Å². The van der Waals surface area contributed by atoms with Crippen LogP contribution in [0.15, 0.2) is 48.5 Å². The van der Waals surface area contributed by atoms with Gasteiger partial charge in [0.15, 0.2) is 5.82 Å². The van der Waals surface area contributed by atoms with Crippen molar-refractivity contribution < 1.29 is 9.53 Å². The molecule has 0 aliphatic carbocycles. The molecule has 39 heavy (non-hydrogen) atoms. The molecule has 1 aromatic heterocycles. The summed E-state index contributed by atoms with van der Waals surface area (Å²) < 4.78 is 5.49. The Morgan fingerprint density at radius 3 is 2.26 bits per heavy atom. The Hall–Kier alpha value is -3.60. The Labute approximate surface area is 231 Å². The average molecular weight is 533 g/mol. The van der Waals surface area contributed by atoms with Gasteiger partial charge in [-0.2, -0.15) is 9.97 Å². The third-order valence-electron chi connectivity index (χ3n) is 6.40. The molecule has 3 aromatic rings. The van der Waals surface area contributed by atoms with Gasteiger partial charge in [-0.15, -0.1) is 0 Å². The summed E-state index contributed by atoms with van der Waals surface area (Å²) in [6, 6.07) is 15.1. The molecule has 0 radical (unpaired) electrons. The first-order valence-electron chi connectivity index (χ1n) is 13.7. The van der Waals surface area contributed by atoms with Crippen LogP contribution in [-0.2, 0) is 17.7 Å². The number of aromatic nitrogens is 3. The third kappa shape index (κ3) is 8.98. The van der Waals surface area contributed by atoms with Gasteiger partial charge in [-0.25, -0.2) is 9.78 Å².